The van der Waals surface area contributed by atoms with Gasteiger partial charge in [-0.05, 0) is 140 Å². The predicted octanol–water partition coefficient (Wildman–Crippen LogP) is 25.6. The van der Waals surface area contributed by atoms with Crippen molar-refractivity contribution >= 4 is 39.8 Å². The van der Waals surface area contributed by atoms with Crippen molar-refractivity contribution in [1.82, 2.24) is 0 Å². The van der Waals surface area contributed by atoms with Gasteiger partial charge in [0.2, 0.25) is 17.1 Å². The third-order valence-corrected chi connectivity index (χ3v) is 19.8. The van der Waals surface area contributed by atoms with E-state index in [1.807, 2.05) is 45.9 Å². The van der Waals surface area contributed by atoms with Crippen LogP contribution in [0, 0.1) is 148 Å². The summed E-state index contributed by atoms with van der Waals surface area (Å²) >= 11 is 0. The number of nitriles is 9. The lowest BCUT2D eigenvalue weighted by Gasteiger charge is -2.29. The highest BCUT2D eigenvalue weighted by molar-refractivity contribution is 5.75. The first-order valence-electron chi connectivity index (χ1n) is 35.8. The van der Waals surface area contributed by atoms with Crippen LogP contribution in [0.15, 0.2) is 194 Å². The third-order valence-electron chi connectivity index (χ3n) is 19.8. The molecular weight excluding hydrogens is 1510 g/mol. The van der Waals surface area contributed by atoms with Crippen molar-refractivity contribution in [3.8, 4) is 147 Å². The maximum absolute atomic E-state index is 10.5. The minimum absolute atomic E-state index is 0.0178. The van der Waals surface area contributed by atoms with Crippen molar-refractivity contribution < 1.29 is 37.9 Å². The zero-order chi connectivity index (χ0) is 85.0. The van der Waals surface area contributed by atoms with Gasteiger partial charge in [0.05, 0.1) is 114 Å². The average molecular weight is 1550 g/mol. The number of fused-ring (bicyclic) bond motifs is 8. The maximum atomic E-state index is 10.5. The van der Waals surface area contributed by atoms with E-state index in [0.717, 1.165) is 0 Å². The first-order chi connectivity index (χ1) is 58.3. The van der Waals surface area contributed by atoms with Crippen LogP contribution >= 0.6 is 0 Å². The molecule has 0 saturated carbocycles. The van der Waals surface area contributed by atoms with Crippen molar-refractivity contribution in [3.05, 3.63) is 369 Å². The molecule has 1 aliphatic rings. The van der Waals surface area contributed by atoms with Gasteiger partial charge in [0.1, 0.15) is 128 Å². The van der Waals surface area contributed by atoms with E-state index in [0.29, 0.717) is 44.5 Å². The first-order valence-corrected chi connectivity index (χ1v) is 35.8. The highest BCUT2D eigenvalue weighted by Gasteiger charge is 2.34. The second-order valence-electron chi connectivity index (χ2n) is 26.7. The smallest absolute Gasteiger partial charge is 0.208 e. The molecule has 0 aromatic heterocycles. The van der Waals surface area contributed by atoms with Crippen LogP contribution in [0.25, 0.3) is 33.9 Å². The van der Waals surface area contributed by atoms with Crippen molar-refractivity contribution in [1.29, 1.82) is 47.4 Å². The van der Waals surface area contributed by atoms with Gasteiger partial charge in [0, 0.05) is 92.4 Å². The fourth-order valence-corrected chi connectivity index (χ4v) is 13.6. The molecule has 0 heterocycles. The molecule has 12 aromatic rings. The quantitative estimate of drug-likeness (QED) is 0.0811. The van der Waals surface area contributed by atoms with Gasteiger partial charge in [0.15, 0.2) is 22.7 Å². The number of hydrogen-bond acceptors (Lipinski definition) is 17. The van der Waals surface area contributed by atoms with Crippen LogP contribution in [-0.2, 0) is 0 Å². The molecule has 1 aliphatic carbocycles. The highest BCUT2D eigenvalue weighted by atomic mass is 16.5. The van der Waals surface area contributed by atoms with Crippen molar-refractivity contribution in [3.63, 3.8) is 0 Å². The van der Waals surface area contributed by atoms with Crippen LogP contribution in [-0.4, -0.2) is 0 Å². The Morgan fingerprint density at radius 3 is 0.592 bits per heavy atom. The van der Waals surface area contributed by atoms with Gasteiger partial charge in [-0.3, -0.25) is 9.69 Å². The molecule has 13 rings (SSSR count). The van der Waals surface area contributed by atoms with E-state index in [1.54, 1.807) is 48.5 Å². The lowest BCUT2D eigenvalue weighted by Crippen LogP contribution is -2.11. The van der Waals surface area contributed by atoms with E-state index in [9.17, 15) is 47.4 Å². The Balaban J connectivity index is 1.22. The summed E-state index contributed by atoms with van der Waals surface area (Å²) in [5.41, 5.74) is 2.53. The summed E-state index contributed by atoms with van der Waals surface area (Å²) in [5.74, 6) is -3.20. The van der Waals surface area contributed by atoms with Gasteiger partial charge in [-0.1, -0.05) is 58.0 Å². The fourth-order valence-electron chi connectivity index (χ4n) is 13.6. The van der Waals surface area contributed by atoms with Crippen LogP contribution in [0.5, 0.6) is 92.0 Å². The molecular formula is C96H48N16O8. The molecule has 560 valence electrons. The summed E-state index contributed by atoms with van der Waals surface area (Å²) < 4.78 is 56.4. The minimum atomic E-state index is -1.03. The van der Waals surface area contributed by atoms with Crippen LogP contribution < -0.4 is 37.9 Å². The van der Waals surface area contributed by atoms with Gasteiger partial charge < -0.3 is 37.9 Å². The van der Waals surface area contributed by atoms with Crippen LogP contribution in [0.4, 0.5) is 39.8 Å². The van der Waals surface area contributed by atoms with Gasteiger partial charge >= 0.3 is 0 Å². The third kappa shape index (κ3) is 15.8. The van der Waals surface area contributed by atoms with Crippen molar-refractivity contribution in [2.45, 2.75) is 51.4 Å². The summed E-state index contributed by atoms with van der Waals surface area (Å²) in [4.78, 5) is 25.3. The van der Waals surface area contributed by atoms with Gasteiger partial charge in [-0.2, -0.15) is 47.4 Å². The summed E-state index contributed by atoms with van der Waals surface area (Å²) in [6.45, 7) is 63.6. The van der Waals surface area contributed by atoms with Crippen molar-refractivity contribution in [2.75, 3.05) is 0 Å². The van der Waals surface area contributed by atoms with E-state index in [4.69, 9.17) is 83.9 Å². The van der Waals surface area contributed by atoms with Crippen LogP contribution in [0.2, 0.25) is 0 Å². The topological polar surface area (TPSA) is 318 Å². The van der Waals surface area contributed by atoms with Gasteiger partial charge in [0.25, 0.3) is 0 Å². The summed E-state index contributed by atoms with van der Waals surface area (Å²) in [5, 5.41) is 93.4. The second-order valence-corrected chi connectivity index (χ2v) is 26.7. The van der Waals surface area contributed by atoms with Gasteiger partial charge in [-0.25, -0.2) is 24.2 Å². The molecule has 0 aliphatic heterocycles. The molecule has 120 heavy (non-hydrogen) atoms. The predicted molar refractivity (Wildman–Crippen MR) is 434 cm³/mol. The SMILES string of the molecule is [C-]#[N+]c1ccc(Oc2cc(Oc3ccc(C#N)c(C#N)c3)c3cc2C(C)c2cc(c(Oc4ccc([N+]#[C-])c([N+]#[C-])c4)cc2Oc2ccc([N+]#[C-])c([N+]#[C-])c2)C(C)c2cc(c(Oc4ccc(C#N)c([N+]#[C-])c4)cc2Oc2ccc([N+]#[C-])c(C#N)c2)C(C)c2cc(c(Oc4ccc(C#N)c(C#N)c4)cc2Oc2ccc(C#N)c(C#N)c2)C3C)cc1C#N. The van der Waals surface area contributed by atoms with E-state index in [1.165, 1.54) is 146 Å². The molecule has 0 saturated heterocycles. The monoisotopic (exact) mass is 1550 g/mol. The minimum Gasteiger partial charge on any atom is -0.458 e. The largest absolute Gasteiger partial charge is 0.458 e. The molecule has 0 fully saturated rings. The lowest BCUT2D eigenvalue weighted by atomic mass is 9.80. The molecule has 0 spiro atoms. The molecule has 12 aromatic carbocycles. The molecule has 0 radical (unpaired) electrons. The lowest BCUT2D eigenvalue weighted by molar-refractivity contribution is 0.439. The molecule has 4 unspecified atom stereocenters. The average Bonchev–Trinajstić information content (AvgIpc) is 0.746. The van der Waals surface area contributed by atoms with Crippen molar-refractivity contribution in [2.24, 2.45) is 0 Å². The van der Waals surface area contributed by atoms with E-state index in [2.05, 4.69) is 70.3 Å². The fraction of sp³-hybridized carbons (Fsp3) is 0.0833. The Hall–Kier alpha value is -19.1. The molecule has 0 amide bonds. The molecule has 24 heteroatoms. The molecule has 4 atom stereocenters. The zero-order valence-corrected chi connectivity index (χ0v) is 63.2. The maximum Gasteiger partial charge on any atom is 0.208 e. The number of ether oxygens (including phenoxy) is 8. The zero-order valence-electron chi connectivity index (χ0n) is 63.2. The number of benzene rings is 12. The van der Waals surface area contributed by atoms with Crippen LogP contribution in [0.1, 0.15) is 146 Å². The normalized spacial score (nSPS) is 13.0. The molecule has 0 N–H and O–H groups in total. The Morgan fingerprint density at radius 1 is 0.192 bits per heavy atom. The second kappa shape index (κ2) is 34.2. The first kappa shape index (κ1) is 79.0. The highest BCUT2D eigenvalue weighted by Crippen LogP contribution is 2.55. The summed E-state index contributed by atoms with van der Waals surface area (Å²) in [7, 11) is 0. The Kier molecular flexibility index (Phi) is 22.5. The number of rotatable bonds is 16. The summed E-state index contributed by atoms with van der Waals surface area (Å²) in [6, 6.07) is 66.5. The van der Waals surface area contributed by atoms with E-state index < -0.39 is 23.7 Å². The number of hydrogen-bond donors (Lipinski definition) is 0. The summed E-state index contributed by atoms with van der Waals surface area (Å²) in [6.07, 6.45) is 0. The Labute approximate surface area is 687 Å². The van der Waals surface area contributed by atoms with Gasteiger partial charge in [-0.15, -0.1) is 0 Å². The standard InChI is InChI=1S/C96H48N16O8/c1-53-74-36-76(90(114-67-17-13-58(45-98)62(29-67)49-102)40-89(74)113-66-16-12-57(44-97)61(28-66)48-101)54(2)79-38-78(93(117-70-21-25-83(107-6)65(32-70)52-105)42-94(79)118-71-19-15-60(47-100)86(33-71)110-9)56(4)81-39-80(95(119-72-22-26-84(108-7)87(34-72)111-10)43-96(81)120-73-23-27-85(109-8)88(35-73)112-11)55(3)77-37-75(53)91(115-68-18-14-59(46-99)63(30-68)50-103)41-92(77)116-69-20-24-82(106-5)64(31-69)51-104/h12-43,53-56H,1-4H3. The molecule has 8 bridgehead atoms. The van der Waals surface area contributed by atoms with E-state index >= 15 is 0 Å². The molecule has 24 nitrogen and oxygen atoms in total. The van der Waals surface area contributed by atoms with E-state index in [-0.39, 0.29) is 182 Å². The Morgan fingerprint density at radius 2 is 0.375 bits per heavy atom. The number of nitrogens with zero attached hydrogens (tertiary/aromatic N) is 16. The van der Waals surface area contributed by atoms with Crippen LogP contribution in [0.3, 0.4) is 0 Å². The Bertz CT molecular complexity index is 5900.